The number of rotatable bonds is 3. The van der Waals surface area contributed by atoms with Crippen molar-refractivity contribution in [1.82, 2.24) is 0 Å². The topological polar surface area (TPSA) is 63.2 Å². The first-order chi connectivity index (χ1) is 7.28. The summed E-state index contributed by atoms with van der Waals surface area (Å²) in [6.45, 7) is 3.82. The van der Waals surface area contributed by atoms with E-state index in [1.54, 1.807) is 6.07 Å². The van der Waals surface area contributed by atoms with Gasteiger partial charge >= 0.3 is 0 Å². The van der Waals surface area contributed by atoms with Gasteiger partial charge in [-0.2, -0.15) is 0 Å². The second-order valence-corrected chi connectivity index (χ2v) is 6.08. The van der Waals surface area contributed by atoms with Crippen LogP contribution in [0.1, 0.15) is 11.1 Å². The van der Waals surface area contributed by atoms with Gasteiger partial charge in [0.25, 0.3) is 0 Å². The molecule has 0 spiro atoms. The predicted molar refractivity (Wildman–Crippen MR) is 64.3 cm³/mol. The third-order valence-electron chi connectivity index (χ3n) is 2.05. The standard InChI is InChI=1S/C11H15NO3S/c1-8-4-5-10(9(2)6-8)12-11(13)7-16(3,14)15/h4-6H,7H2,1-3H3,(H,12,13). The van der Waals surface area contributed by atoms with Crippen molar-refractivity contribution in [3.63, 3.8) is 0 Å². The van der Waals surface area contributed by atoms with E-state index in [4.69, 9.17) is 0 Å². The third kappa shape index (κ3) is 4.02. The number of amides is 1. The number of benzene rings is 1. The zero-order valence-electron chi connectivity index (χ0n) is 9.57. The highest BCUT2D eigenvalue weighted by Crippen LogP contribution is 2.15. The SMILES string of the molecule is Cc1ccc(NC(=O)CS(C)(=O)=O)c(C)c1. The van der Waals surface area contributed by atoms with Gasteiger partial charge < -0.3 is 5.32 Å². The Labute approximate surface area is 95.6 Å². The van der Waals surface area contributed by atoms with Crippen molar-refractivity contribution in [2.45, 2.75) is 13.8 Å². The molecular formula is C11H15NO3S. The molecule has 88 valence electrons. The van der Waals surface area contributed by atoms with Crippen molar-refractivity contribution in [2.24, 2.45) is 0 Å². The van der Waals surface area contributed by atoms with Crippen molar-refractivity contribution >= 4 is 21.4 Å². The van der Waals surface area contributed by atoms with Gasteiger partial charge in [-0.3, -0.25) is 4.79 Å². The van der Waals surface area contributed by atoms with Crippen LogP contribution in [-0.4, -0.2) is 26.3 Å². The number of aryl methyl sites for hydroxylation is 2. The van der Waals surface area contributed by atoms with Gasteiger partial charge in [0, 0.05) is 11.9 Å². The lowest BCUT2D eigenvalue weighted by atomic mass is 10.1. The monoisotopic (exact) mass is 241 g/mol. The maximum absolute atomic E-state index is 11.4. The van der Waals surface area contributed by atoms with E-state index in [2.05, 4.69) is 5.32 Å². The number of sulfone groups is 1. The van der Waals surface area contributed by atoms with Crippen LogP contribution < -0.4 is 5.32 Å². The molecule has 4 nitrogen and oxygen atoms in total. The van der Waals surface area contributed by atoms with Crippen LogP contribution in [0, 0.1) is 13.8 Å². The molecule has 5 heteroatoms. The molecule has 16 heavy (non-hydrogen) atoms. The number of nitrogens with one attached hydrogen (secondary N) is 1. The normalized spacial score (nSPS) is 11.2. The number of hydrogen-bond acceptors (Lipinski definition) is 3. The van der Waals surface area contributed by atoms with Crippen molar-refractivity contribution in [2.75, 3.05) is 17.3 Å². The Kier molecular flexibility index (Phi) is 3.70. The van der Waals surface area contributed by atoms with Crippen molar-refractivity contribution < 1.29 is 13.2 Å². The number of anilines is 1. The second kappa shape index (κ2) is 4.65. The number of carbonyl (C=O) groups excluding carboxylic acids is 1. The van der Waals surface area contributed by atoms with Gasteiger partial charge in [0.05, 0.1) is 0 Å². The molecule has 0 unspecified atom stereocenters. The van der Waals surface area contributed by atoms with Gasteiger partial charge in [-0.25, -0.2) is 8.42 Å². The molecule has 1 N–H and O–H groups in total. The molecular weight excluding hydrogens is 226 g/mol. The van der Waals surface area contributed by atoms with Gasteiger partial charge in [-0.1, -0.05) is 17.7 Å². The summed E-state index contributed by atoms with van der Waals surface area (Å²) in [5.41, 5.74) is 2.67. The van der Waals surface area contributed by atoms with E-state index in [0.29, 0.717) is 5.69 Å². The fraction of sp³-hybridized carbons (Fsp3) is 0.364. The molecule has 0 aliphatic heterocycles. The molecule has 0 aliphatic carbocycles. The molecule has 1 amide bonds. The van der Waals surface area contributed by atoms with Crippen LogP contribution in [0.5, 0.6) is 0 Å². The van der Waals surface area contributed by atoms with Gasteiger partial charge in [-0.15, -0.1) is 0 Å². The summed E-state index contributed by atoms with van der Waals surface area (Å²) in [5, 5.41) is 2.58. The van der Waals surface area contributed by atoms with Crippen molar-refractivity contribution in [3.8, 4) is 0 Å². The van der Waals surface area contributed by atoms with Gasteiger partial charge in [0.15, 0.2) is 9.84 Å². The maximum Gasteiger partial charge on any atom is 0.239 e. The van der Waals surface area contributed by atoms with Crippen LogP contribution in [0.25, 0.3) is 0 Å². The first-order valence-electron chi connectivity index (χ1n) is 4.83. The predicted octanol–water partition coefficient (Wildman–Crippen LogP) is 1.29. The fourth-order valence-corrected chi connectivity index (χ4v) is 1.93. The summed E-state index contributed by atoms with van der Waals surface area (Å²) >= 11 is 0. The molecule has 0 aliphatic rings. The van der Waals surface area contributed by atoms with E-state index in [1.165, 1.54) is 0 Å². The lowest BCUT2D eigenvalue weighted by Gasteiger charge is -2.08. The average Bonchev–Trinajstić information content (AvgIpc) is 2.06. The molecule has 0 atom stereocenters. The highest BCUT2D eigenvalue weighted by Gasteiger charge is 2.11. The zero-order chi connectivity index (χ0) is 12.3. The largest absolute Gasteiger partial charge is 0.325 e. The van der Waals surface area contributed by atoms with Crippen LogP contribution >= 0.6 is 0 Å². The first-order valence-corrected chi connectivity index (χ1v) is 6.89. The van der Waals surface area contributed by atoms with E-state index >= 15 is 0 Å². The Balaban J connectivity index is 2.78. The van der Waals surface area contributed by atoms with Crippen LogP contribution in [-0.2, 0) is 14.6 Å². The molecule has 0 saturated carbocycles. The van der Waals surface area contributed by atoms with Crippen LogP contribution in [0.2, 0.25) is 0 Å². The van der Waals surface area contributed by atoms with E-state index in [9.17, 15) is 13.2 Å². The molecule has 1 aromatic rings. The number of carbonyl (C=O) groups is 1. The van der Waals surface area contributed by atoms with Crippen molar-refractivity contribution in [3.05, 3.63) is 29.3 Å². The Morgan fingerprint density at radius 3 is 2.44 bits per heavy atom. The summed E-state index contributed by atoms with van der Waals surface area (Å²) in [4.78, 5) is 11.4. The molecule has 1 rings (SSSR count). The minimum atomic E-state index is -3.28. The third-order valence-corrected chi connectivity index (χ3v) is 2.84. The fourth-order valence-electron chi connectivity index (χ4n) is 1.38. The lowest BCUT2D eigenvalue weighted by Crippen LogP contribution is -2.22. The summed E-state index contributed by atoms with van der Waals surface area (Å²) in [6, 6.07) is 5.56. The van der Waals surface area contributed by atoms with E-state index in [1.807, 2.05) is 26.0 Å². The average molecular weight is 241 g/mol. The van der Waals surface area contributed by atoms with E-state index < -0.39 is 21.5 Å². The Morgan fingerprint density at radius 2 is 1.94 bits per heavy atom. The second-order valence-electron chi connectivity index (χ2n) is 3.94. The summed E-state index contributed by atoms with van der Waals surface area (Å²) in [6.07, 6.45) is 1.04. The Morgan fingerprint density at radius 1 is 1.31 bits per heavy atom. The summed E-state index contributed by atoms with van der Waals surface area (Å²) < 4.78 is 21.8. The lowest BCUT2D eigenvalue weighted by molar-refractivity contribution is -0.113. The molecule has 0 bridgehead atoms. The minimum absolute atomic E-state index is 0.486. The Bertz CT molecular complexity index is 506. The van der Waals surface area contributed by atoms with Gasteiger partial charge in [0.1, 0.15) is 5.75 Å². The van der Waals surface area contributed by atoms with Crippen LogP contribution in [0.4, 0.5) is 5.69 Å². The number of hydrogen-bond donors (Lipinski definition) is 1. The summed E-state index contributed by atoms with van der Waals surface area (Å²) in [5.74, 6) is -0.991. The van der Waals surface area contributed by atoms with Crippen LogP contribution in [0.3, 0.4) is 0 Å². The summed E-state index contributed by atoms with van der Waals surface area (Å²) in [7, 11) is -3.28. The van der Waals surface area contributed by atoms with E-state index in [0.717, 1.165) is 17.4 Å². The first kappa shape index (κ1) is 12.7. The minimum Gasteiger partial charge on any atom is -0.325 e. The molecule has 1 aromatic carbocycles. The Hall–Kier alpha value is -1.36. The quantitative estimate of drug-likeness (QED) is 0.867. The highest BCUT2D eigenvalue weighted by molar-refractivity contribution is 7.91. The molecule has 0 fully saturated rings. The molecule has 0 aromatic heterocycles. The van der Waals surface area contributed by atoms with Gasteiger partial charge in [-0.05, 0) is 25.5 Å². The smallest absolute Gasteiger partial charge is 0.239 e. The van der Waals surface area contributed by atoms with Gasteiger partial charge in [0.2, 0.25) is 5.91 Å². The highest BCUT2D eigenvalue weighted by atomic mass is 32.2. The van der Waals surface area contributed by atoms with E-state index in [-0.39, 0.29) is 0 Å². The molecule has 0 radical (unpaired) electrons. The van der Waals surface area contributed by atoms with Crippen molar-refractivity contribution in [1.29, 1.82) is 0 Å². The van der Waals surface area contributed by atoms with Crippen LogP contribution in [0.15, 0.2) is 18.2 Å². The maximum atomic E-state index is 11.4. The molecule has 0 saturated heterocycles. The zero-order valence-corrected chi connectivity index (χ0v) is 10.4. The molecule has 0 heterocycles.